The average Bonchev–Trinajstić information content (AvgIpc) is 2.43. The summed E-state index contributed by atoms with van der Waals surface area (Å²) in [7, 11) is 4.72. The first-order chi connectivity index (χ1) is 9.13. The van der Waals surface area contributed by atoms with Gasteiger partial charge in [-0.25, -0.2) is 4.79 Å². The first-order valence-electron chi connectivity index (χ1n) is 5.98. The molecule has 0 bridgehead atoms. The Bertz CT molecular complexity index is 438. The van der Waals surface area contributed by atoms with Crippen LogP contribution in [0.4, 0.5) is 5.69 Å². The summed E-state index contributed by atoms with van der Waals surface area (Å²) in [5.74, 6) is -0.0344. The van der Waals surface area contributed by atoms with Gasteiger partial charge in [-0.05, 0) is 26.1 Å². The molecule has 0 aliphatic carbocycles. The Morgan fingerprint density at radius 2 is 2.05 bits per heavy atom. The van der Waals surface area contributed by atoms with Crippen LogP contribution in [0.25, 0.3) is 0 Å². The fourth-order valence-electron chi connectivity index (χ4n) is 1.62. The first kappa shape index (κ1) is 15.6. The maximum atomic E-state index is 11.6. The third-order valence-electron chi connectivity index (χ3n) is 2.61. The van der Waals surface area contributed by atoms with Crippen molar-refractivity contribution >= 4 is 23.3 Å². The second kappa shape index (κ2) is 7.86. The molecule has 0 spiro atoms. The maximum absolute atomic E-state index is 11.6. The van der Waals surface area contributed by atoms with E-state index < -0.39 is 5.97 Å². The van der Waals surface area contributed by atoms with Crippen molar-refractivity contribution in [2.45, 2.75) is 6.42 Å². The van der Waals surface area contributed by atoms with Crippen molar-refractivity contribution in [2.75, 3.05) is 39.7 Å². The molecule has 106 valence electrons. The van der Waals surface area contributed by atoms with Crippen molar-refractivity contribution in [1.82, 2.24) is 5.32 Å². The predicted octanol–water partition coefficient (Wildman–Crippen LogP) is 2.16. The van der Waals surface area contributed by atoms with Crippen molar-refractivity contribution in [1.29, 1.82) is 0 Å². The lowest BCUT2D eigenvalue weighted by molar-refractivity contribution is 0.0597. The zero-order valence-electron chi connectivity index (χ0n) is 11.4. The lowest BCUT2D eigenvalue weighted by Crippen LogP contribution is -2.13. The molecule has 5 nitrogen and oxygen atoms in total. The van der Waals surface area contributed by atoms with Gasteiger partial charge in [0.1, 0.15) is 11.3 Å². The molecular formula is C13H19ClN2O3. The highest BCUT2D eigenvalue weighted by Gasteiger charge is 2.16. The fourth-order valence-corrected chi connectivity index (χ4v) is 1.85. The van der Waals surface area contributed by atoms with Gasteiger partial charge in [-0.3, -0.25) is 0 Å². The summed E-state index contributed by atoms with van der Waals surface area (Å²) in [5.41, 5.74) is 1.05. The summed E-state index contributed by atoms with van der Waals surface area (Å²) in [6.45, 7) is 1.70. The van der Waals surface area contributed by atoms with Gasteiger partial charge in [-0.2, -0.15) is 0 Å². The summed E-state index contributed by atoms with van der Waals surface area (Å²) in [6.07, 6.45) is 0.966. The summed E-state index contributed by atoms with van der Waals surface area (Å²) in [5, 5.41) is 6.73. The number of hydrogen-bond acceptors (Lipinski definition) is 5. The van der Waals surface area contributed by atoms with Crippen molar-refractivity contribution < 1.29 is 14.3 Å². The Hall–Kier alpha value is -1.46. The van der Waals surface area contributed by atoms with Gasteiger partial charge in [0.25, 0.3) is 0 Å². The lowest BCUT2D eigenvalue weighted by atomic mass is 10.1. The smallest absolute Gasteiger partial charge is 0.341 e. The van der Waals surface area contributed by atoms with Crippen LogP contribution in [-0.2, 0) is 4.74 Å². The van der Waals surface area contributed by atoms with Crippen LogP contribution < -0.4 is 15.4 Å². The summed E-state index contributed by atoms with van der Waals surface area (Å²) in [6, 6.07) is 3.25. The third kappa shape index (κ3) is 4.29. The van der Waals surface area contributed by atoms with Gasteiger partial charge in [0, 0.05) is 12.6 Å². The van der Waals surface area contributed by atoms with Gasteiger partial charge >= 0.3 is 5.97 Å². The summed E-state index contributed by atoms with van der Waals surface area (Å²) in [4.78, 5) is 11.6. The van der Waals surface area contributed by atoms with Crippen LogP contribution in [0.3, 0.4) is 0 Å². The second-order valence-corrected chi connectivity index (χ2v) is 4.32. The SMILES string of the molecule is CNCCCNc1cc(OC)c(C(=O)OC)cc1Cl. The fraction of sp³-hybridized carbons (Fsp3) is 0.462. The van der Waals surface area contributed by atoms with Crippen molar-refractivity contribution in [3.05, 3.63) is 22.7 Å². The van der Waals surface area contributed by atoms with Crippen LogP contribution in [-0.4, -0.2) is 40.3 Å². The molecule has 0 aliphatic rings. The molecule has 2 N–H and O–H groups in total. The Morgan fingerprint density at radius 1 is 1.32 bits per heavy atom. The van der Waals surface area contributed by atoms with Gasteiger partial charge < -0.3 is 20.1 Å². The molecule has 0 saturated heterocycles. The number of nitrogens with one attached hydrogen (secondary N) is 2. The number of rotatable bonds is 7. The van der Waals surface area contributed by atoms with E-state index in [1.165, 1.54) is 14.2 Å². The molecule has 0 fully saturated rings. The molecule has 1 aromatic carbocycles. The number of ether oxygens (including phenoxy) is 2. The van der Waals surface area contributed by atoms with Crippen molar-refractivity contribution in [3.63, 3.8) is 0 Å². The Morgan fingerprint density at radius 3 is 2.63 bits per heavy atom. The normalized spacial score (nSPS) is 10.1. The van der Waals surface area contributed by atoms with Crippen LogP contribution in [0.15, 0.2) is 12.1 Å². The van der Waals surface area contributed by atoms with E-state index in [1.54, 1.807) is 12.1 Å². The topological polar surface area (TPSA) is 59.6 Å². The lowest BCUT2D eigenvalue weighted by Gasteiger charge is -2.13. The minimum absolute atomic E-state index is 0.316. The number of esters is 1. The molecule has 19 heavy (non-hydrogen) atoms. The molecule has 0 saturated carbocycles. The monoisotopic (exact) mass is 286 g/mol. The number of halogens is 1. The minimum atomic E-state index is -0.472. The molecule has 0 radical (unpaired) electrons. The van der Waals surface area contributed by atoms with Crippen molar-refractivity contribution in [2.24, 2.45) is 0 Å². The molecule has 6 heteroatoms. The largest absolute Gasteiger partial charge is 0.496 e. The van der Waals surface area contributed by atoms with Gasteiger partial charge in [-0.1, -0.05) is 11.6 Å². The number of benzene rings is 1. The number of carbonyl (C=O) groups is 1. The van der Waals surface area contributed by atoms with Crippen LogP contribution in [0.5, 0.6) is 5.75 Å². The predicted molar refractivity (Wildman–Crippen MR) is 76.4 cm³/mol. The van der Waals surface area contributed by atoms with E-state index >= 15 is 0 Å². The highest BCUT2D eigenvalue weighted by Crippen LogP contribution is 2.31. The third-order valence-corrected chi connectivity index (χ3v) is 2.93. The Kier molecular flexibility index (Phi) is 6.45. The second-order valence-electron chi connectivity index (χ2n) is 3.91. The van der Waals surface area contributed by atoms with E-state index in [0.29, 0.717) is 16.3 Å². The molecule has 0 unspecified atom stereocenters. The zero-order valence-corrected chi connectivity index (χ0v) is 12.1. The van der Waals surface area contributed by atoms with E-state index in [4.69, 9.17) is 16.3 Å². The quantitative estimate of drug-likeness (QED) is 0.594. The highest BCUT2D eigenvalue weighted by atomic mass is 35.5. The van der Waals surface area contributed by atoms with Gasteiger partial charge in [0.2, 0.25) is 0 Å². The number of methoxy groups -OCH3 is 2. The average molecular weight is 287 g/mol. The minimum Gasteiger partial charge on any atom is -0.496 e. The summed E-state index contributed by atoms with van der Waals surface area (Å²) >= 11 is 6.13. The molecule has 0 aromatic heterocycles. The van der Waals surface area contributed by atoms with Crippen LogP contribution >= 0.6 is 11.6 Å². The van der Waals surface area contributed by atoms with E-state index in [2.05, 4.69) is 15.4 Å². The Labute approximate surface area is 118 Å². The number of carbonyl (C=O) groups excluding carboxylic acids is 1. The molecule has 0 amide bonds. The van der Waals surface area contributed by atoms with E-state index in [1.807, 2.05) is 7.05 Å². The van der Waals surface area contributed by atoms with Gasteiger partial charge in [0.05, 0.1) is 24.9 Å². The molecule has 1 aromatic rings. The standard InChI is InChI=1S/C13H19ClN2O3/c1-15-5-4-6-16-11-8-12(18-2)9(7-10(11)14)13(17)19-3/h7-8,15-16H,4-6H2,1-3H3. The number of hydrogen-bond donors (Lipinski definition) is 2. The van der Waals surface area contributed by atoms with Gasteiger partial charge in [0.15, 0.2) is 0 Å². The molecule has 0 atom stereocenters. The van der Waals surface area contributed by atoms with E-state index in [9.17, 15) is 4.79 Å². The zero-order chi connectivity index (χ0) is 14.3. The van der Waals surface area contributed by atoms with Gasteiger partial charge in [-0.15, -0.1) is 0 Å². The van der Waals surface area contributed by atoms with Crippen LogP contribution in [0.1, 0.15) is 16.8 Å². The molecule has 0 heterocycles. The molecule has 1 rings (SSSR count). The maximum Gasteiger partial charge on any atom is 0.341 e. The molecule has 0 aliphatic heterocycles. The van der Waals surface area contributed by atoms with E-state index in [-0.39, 0.29) is 0 Å². The van der Waals surface area contributed by atoms with Crippen molar-refractivity contribution in [3.8, 4) is 5.75 Å². The first-order valence-corrected chi connectivity index (χ1v) is 6.36. The van der Waals surface area contributed by atoms with E-state index in [0.717, 1.165) is 25.2 Å². The summed E-state index contributed by atoms with van der Waals surface area (Å²) < 4.78 is 9.86. The van der Waals surface area contributed by atoms with Crippen LogP contribution in [0, 0.1) is 0 Å². The molecular weight excluding hydrogens is 268 g/mol. The highest BCUT2D eigenvalue weighted by molar-refractivity contribution is 6.33. The van der Waals surface area contributed by atoms with Crippen LogP contribution in [0.2, 0.25) is 5.02 Å². The number of anilines is 1. The Balaban J connectivity index is 2.87.